The third kappa shape index (κ3) is 3.05. The summed E-state index contributed by atoms with van der Waals surface area (Å²) in [6, 6.07) is 4.80. The van der Waals surface area contributed by atoms with Gasteiger partial charge in [-0.1, -0.05) is 19.9 Å². The van der Waals surface area contributed by atoms with Crippen molar-refractivity contribution in [2.24, 2.45) is 5.92 Å². The lowest BCUT2D eigenvalue weighted by Gasteiger charge is -2.13. The van der Waals surface area contributed by atoms with Gasteiger partial charge in [-0.25, -0.2) is 4.39 Å². The monoisotopic (exact) mass is 223 g/mol. The van der Waals surface area contributed by atoms with E-state index in [0.29, 0.717) is 0 Å². The number of nitrogens with one attached hydrogen (secondary N) is 1. The molecule has 1 rings (SSSR count). The molecular weight excluding hydrogens is 205 g/mol. The average molecular weight is 223 g/mol. The van der Waals surface area contributed by atoms with Crippen LogP contribution >= 0.6 is 0 Å². The molecule has 0 bridgehead atoms. The zero-order valence-electron chi connectivity index (χ0n) is 10.0. The standard InChI is InChI=1S/C13H18FNO/c1-4-10(5-2)13(16)15-12-7-6-9(3)8-11(12)14/h6-8,10H,4-5H2,1-3H3,(H,15,16). The highest BCUT2D eigenvalue weighted by Gasteiger charge is 2.15. The maximum atomic E-state index is 13.5. The lowest BCUT2D eigenvalue weighted by Crippen LogP contribution is -2.22. The predicted molar refractivity (Wildman–Crippen MR) is 63.8 cm³/mol. The zero-order valence-corrected chi connectivity index (χ0v) is 10.0. The van der Waals surface area contributed by atoms with E-state index >= 15 is 0 Å². The van der Waals surface area contributed by atoms with Crippen molar-refractivity contribution >= 4 is 11.6 Å². The van der Waals surface area contributed by atoms with E-state index in [0.717, 1.165) is 18.4 Å². The Balaban J connectivity index is 2.76. The number of amides is 1. The largest absolute Gasteiger partial charge is 0.323 e. The molecule has 0 fully saturated rings. The highest BCUT2D eigenvalue weighted by Crippen LogP contribution is 2.17. The van der Waals surface area contributed by atoms with Gasteiger partial charge in [0.1, 0.15) is 5.82 Å². The lowest BCUT2D eigenvalue weighted by molar-refractivity contribution is -0.120. The van der Waals surface area contributed by atoms with Crippen molar-refractivity contribution in [1.82, 2.24) is 0 Å². The second-order valence-corrected chi connectivity index (χ2v) is 3.99. The van der Waals surface area contributed by atoms with Crippen LogP contribution in [0.3, 0.4) is 0 Å². The Morgan fingerprint density at radius 1 is 1.38 bits per heavy atom. The summed E-state index contributed by atoms with van der Waals surface area (Å²) in [5.41, 5.74) is 1.11. The molecule has 0 aromatic heterocycles. The first kappa shape index (κ1) is 12.7. The molecule has 1 aromatic carbocycles. The van der Waals surface area contributed by atoms with Crippen LogP contribution in [0.2, 0.25) is 0 Å². The van der Waals surface area contributed by atoms with Crippen molar-refractivity contribution in [2.45, 2.75) is 33.6 Å². The molecule has 0 aliphatic rings. The van der Waals surface area contributed by atoms with Gasteiger partial charge in [0.25, 0.3) is 0 Å². The number of carbonyl (C=O) groups excluding carboxylic acids is 1. The van der Waals surface area contributed by atoms with E-state index in [1.807, 2.05) is 20.8 Å². The highest BCUT2D eigenvalue weighted by atomic mass is 19.1. The molecule has 0 heterocycles. The molecule has 16 heavy (non-hydrogen) atoms. The molecule has 1 aromatic rings. The minimum absolute atomic E-state index is 0.0410. The summed E-state index contributed by atoms with van der Waals surface area (Å²) in [5.74, 6) is -0.521. The number of anilines is 1. The van der Waals surface area contributed by atoms with Gasteiger partial charge in [0.15, 0.2) is 0 Å². The highest BCUT2D eigenvalue weighted by molar-refractivity contribution is 5.92. The number of aryl methyl sites for hydroxylation is 1. The molecule has 0 atom stereocenters. The molecule has 0 saturated carbocycles. The van der Waals surface area contributed by atoms with Gasteiger partial charge in [0.2, 0.25) is 5.91 Å². The predicted octanol–water partition coefficient (Wildman–Crippen LogP) is 3.51. The number of halogens is 1. The van der Waals surface area contributed by atoms with E-state index in [1.165, 1.54) is 6.07 Å². The summed E-state index contributed by atoms with van der Waals surface area (Å²) in [4.78, 5) is 11.7. The Labute approximate surface area is 95.9 Å². The molecule has 0 saturated heterocycles. The Bertz CT molecular complexity index is 372. The number of benzene rings is 1. The summed E-state index contributed by atoms with van der Waals surface area (Å²) < 4.78 is 13.5. The SMILES string of the molecule is CCC(CC)C(=O)Nc1ccc(C)cc1F. The molecule has 2 nitrogen and oxygen atoms in total. The van der Waals surface area contributed by atoms with Crippen molar-refractivity contribution in [3.05, 3.63) is 29.6 Å². The number of rotatable bonds is 4. The van der Waals surface area contributed by atoms with Crippen molar-refractivity contribution in [3.63, 3.8) is 0 Å². The molecule has 88 valence electrons. The van der Waals surface area contributed by atoms with Gasteiger partial charge in [0.05, 0.1) is 5.69 Å². The van der Waals surface area contributed by atoms with Crippen LogP contribution in [0.5, 0.6) is 0 Å². The Kier molecular flexibility index (Phi) is 4.47. The van der Waals surface area contributed by atoms with E-state index < -0.39 is 0 Å². The van der Waals surface area contributed by atoms with Crippen LogP contribution in [-0.2, 0) is 4.79 Å². The van der Waals surface area contributed by atoms with Crippen molar-refractivity contribution in [3.8, 4) is 0 Å². The fourth-order valence-electron chi connectivity index (χ4n) is 1.62. The molecule has 1 amide bonds. The maximum Gasteiger partial charge on any atom is 0.227 e. The van der Waals surface area contributed by atoms with E-state index in [9.17, 15) is 9.18 Å². The summed E-state index contributed by atoms with van der Waals surface area (Å²) >= 11 is 0. The summed E-state index contributed by atoms with van der Waals surface area (Å²) in [7, 11) is 0. The van der Waals surface area contributed by atoms with Gasteiger partial charge in [0, 0.05) is 5.92 Å². The molecule has 0 aliphatic carbocycles. The van der Waals surface area contributed by atoms with Gasteiger partial charge in [-0.2, -0.15) is 0 Å². The van der Waals surface area contributed by atoms with Gasteiger partial charge in [-0.15, -0.1) is 0 Å². The lowest BCUT2D eigenvalue weighted by atomic mass is 10.0. The van der Waals surface area contributed by atoms with Crippen LogP contribution in [0.25, 0.3) is 0 Å². The molecule has 0 radical (unpaired) electrons. The number of carbonyl (C=O) groups is 1. The van der Waals surface area contributed by atoms with Gasteiger partial charge in [-0.3, -0.25) is 4.79 Å². The third-order valence-corrected chi connectivity index (χ3v) is 2.74. The Morgan fingerprint density at radius 3 is 2.50 bits per heavy atom. The first-order chi connectivity index (χ1) is 7.58. The molecular formula is C13H18FNO. The third-order valence-electron chi connectivity index (χ3n) is 2.74. The van der Waals surface area contributed by atoms with Gasteiger partial charge in [-0.05, 0) is 37.5 Å². The second-order valence-electron chi connectivity index (χ2n) is 3.99. The number of hydrogen-bond acceptors (Lipinski definition) is 1. The van der Waals surface area contributed by atoms with E-state index in [1.54, 1.807) is 12.1 Å². The fourth-order valence-corrected chi connectivity index (χ4v) is 1.62. The first-order valence-corrected chi connectivity index (χ1v) is 5.65. The minimum Gasteiger partial charge on any atom is -0.323 e. The van der Waals surface area contributed by atoms with Crippen LogP contribution < -0.4 is 5.32 Å². The van der Waals surface area contributed by atoms with Crippen molar-refractivity contribution in [2.75, 3.05) is 5.32 Å². The van der Waals surface area contributed by atoms with Crippen LogP contribution in [-0.4, -0.2) is 5.91 Å². The fraction of sp³-hybridized carbons (Fsp3) is 0.462. The normalized spacial score (nSPS) is 10.6. The van der Waals surface area contributed by atoms with Crippen molar-refractivity contribution < 1.29 is 9.18 Å². The van der Waals surface area contributed by atoms with Crippen LogP contribution in [0.4, 0.5) is 10.1 Å². The molecule has 0 unspecified atom stereocenters. The van der Waals surface area contributed by atoms with Gasteiger partial charge < -0.3 is 5.32 Å². The second kappa shape index (κ2) is 5.64. The summed E-state index contributed by atoms with van der Waals surface area (Å²) in [6.07, 6.45) is 1.55. The Morgan fingerprint density at radius 2 is 2.00 bits per heavy atom. The molecule has 3 heteroatoms. The van der Waals surface area contributed by atoms with Crippen molar-refractivity contribution in [1.29, 1.82) is 0 Å². The molecule has 1 N–H and O–H groups in total. The van der Waals surface area contributed by atoms with E-state index in [2.05, 4.69) is 5.32 Å². The smallest absolute Gasteiger partial charge is 0.227 e. The van der Waals surface area contributed by atoms with Crippen LogP contribution in [0, 0.1) is 18.7 Å². The molecule has 0 aliphatic heterocycles. The summed E-state index contributed by atoms with van der Waals surface area (Å²) in [6.45, 7) is 5.73. The maximum absolute atomic E-state index is 13.5. The quantitative estimate of drug-likeness (QED) is 0.831. The van der Waals surface area contributed by atoms with Crippen LogP contribution in [0.15, 0.2) is 18.2 Å². The minimum atomic E-state index is -0.376. The van der Waals surface area contributed by atoms with E-state index in [4.69, 9.17) is 0 Å². The van der Waals surface area contributed by atoms with Gasteiger partial charge >= 0.3 is 0 Å². The average Bonchev–Trinajstić information content (AvgIpc) is 2.24. The Hall–Kier alpha value is -1.38. The summed E-state index contributed by atoms with van der Waals surface area (Å²) in [5, 5.41) is 2.63. The molecule has 0 spiro atoms. The zero-order chi connectivity index (χ0) is 12.1. The van der Waals surface area contributed by atoms with E-state index in [-0.39, 0.29) is 23.3 Å². The first-order valence-electron chi connectivity index (χ1n) is 5.65. The number of hydrogen-bond donors (Lipinski definition) is 1. The topological polar surface area (TPSA) is 29.1 Å². The van der Waals surface area contributed by atoms with Crippen LogP contribution in [0.1, 0.15) is 32.3 Å².